The Morgan fingerprint density at radius 3 is 2.37 bits per heavy atom. The molecule has 19 heavy (non-hydrogen) atoms. The number of halogens is 3. The van der Waals surface area contributed by atoms with Crippen molar-refractivity contribution in [1.29, 1.82) is 0 Å². The number of benzene rings is 1. The Balaban J connectivity index is 2.32. The van der Waals surface area contributed by atoms with E-state index in [1.165, 1.54) is 0 Å². The van der Waals surface area contributed by atoms with Gasteiger partial charge in [0.25, 0.3) is 0 Å². The zero-order valence-electron chi connectivity index (χ0n) is 10.9. The summed E-state index contributed by atoms with van der Waals surface area (Å²) in [7, 11) is 1.56. The first-order valence-electron chi connectivity index (χ1n) is 6.34. The van der Waals surface area contributed by atoms with Crippen LogP contribution in [0.4, 0.5) is 8.78 Å². The third-order valence-electron chi connectivity index (χ3n) is 4.08. The average Bonchev–Trinajstić information content (AvgIpc) is 2.40. The second kappa shape index (κ2) is 5.25. The Labute approximate surface area is 116 Å². The molecule has 0 unspecified atom stereocenters. The average molecular weight is 290 g/mol. The maximum atomic E-state index is 13.3. The highest BCUT2D eigenvalue weighted by Gasteiger charge is 2.44. The van der Waals surface area contributed by atoms with Gasteiger partial charge in [-0.1, -0.05) is 17.7 Å². The molecule has 1 aromatic carbocycles. The number of hydrogen-bond acceptors (Lipinski definition) is 2. The summed E-state index contributed by atoms with van der Waals surface area (Å²) in [6.07, 6.45) is 0.463. The van der Waals surface area contributed by atoms with Crippen molar-refractivity contribution in [1.82, 2.24) is 0 Å². The molecule has 2 rings (SSSR count). The molecule has 1 aromatic rings. The van der Waals surface area contributed by atoms with Crippen molar-refractivity contribution in [2.75, 3.05) is 13.7 Å². The van der Waals surface area contributed by atoms with Gasteiger partial charge in [0.05, 0.1) is 7.11 Å². The summed E-state index contributed by atoms with van der Waals surface area (Å²) in [5.74, 6) is -1.92. The van der Waals surface area contributed by atoms with Crippen LogP contribution in [-0.4, -0.2) is 19.6 Å². The minimum Gasteiger partial charge on any atom is -0.497 e. The lowest BCUT2D eigenvalue weighted by Crippen LogP contribution is -2.42. The zero-order valence-corrected chi connectivity index (χ0v) is 11.6. The summed E-state index contributed by atoms with van der Waals surface area (Å²) < 4.78 is 31.8. The van der Waals surface area contributed by atoms with Gasteiger partial charge in [-0.2, -0.15) is 0 Å². The van der Waals surface area contributed by atoms with Crippen molar-refractivity contribution in [2.45, 2.75) is 37.0 Å². The highest BCUT2D eigenvalue weighted by molar-refractivity contribution is 6.31. The topological polar surface area (TPSA) is 35.2 Å². The Morgan fingerprint density at radius 1 is 1.26 bits per heavy atom. The fraction of sp³-hybridized carbons (Fsp3) is 0.571. The van der Waals surface area contributed by atoms with Crippen LogP contribution in [0, 0.1) is 0 Å². The monoisotopic (exact) mass is 289 g/mol. The molecule has 106 valence electrons. The largest absolute Gasteiger partial charge is 0.497 e. The lowest BCUT2D eigenvalue weighted by atomic mass is 9.68. The summed E-state index contributed by atoms with van der Waals surface area (Å²) in [6, 6.07) is 5.35. The number of methoxy groups -OCH3 is 1. The predicted octanol–water partition coefficient (Wildman–Crippen LogP) is 3.75. The number of nitrogens with two attached hydrogens (primary N) is 1. The second-order valence-electron chi connectivity index (χ2n) is 5.19. The maximum Gasteiger partial charge on any atom is 0.248 e. The number of ether oxygens (including phenoxy) is 1. The zero-order chi connectivity index (χ0) is 14.1. The van der Waals surface area contributed by atoms with E-state index in [2.05, 4.69) is 0 Å². The molecule has 1 fully saturated rings. The van der Waals surface area contributed by atoms with Gasteiger partial charge in [0.1, 0.15) is 5.75 Å². The molecule has 0 atom stereocenters. The standard InChI is InChI=1S/C14H18ClF2NO/c1-19-10-2-3-11(12(15)8-10)13(9-18)4-6-14(16,17)7-5-13/h2-3,8H,4-7,9,18H2,1H3. The molecule has 1 aliphatic carbocycles. The quantitative estimate of drug-likeness (QED) is 0.920. The fourth-order valence-electron chi connectivity index (χ4n) is 2.73. The van der Waals surface area contributed by atoms with Gasteiger partial charge in [0.2, 0.25) is 5.92 Å². The lowest BCUT2D eigenvalue weighted by molar-refractivity contribution is -0.0509. The molecule has 5 heteroatoms. The Bertz CT molecular complexity index is 455. The number of hydrogen-bond donors (Lipinski definition) is 1. The van der Waals surface area contributed by atoms with Gasteiger partial charge in [-0.05, 0) is 30.5 Å². The first-order valence-corrected chi connectivity index (χ1v) is 6.72. The van der Waals surface area contributed by atoms with E-state index in [0.29, 0.717) is 30.2 Å². The summed E-state index contributed by atoms with van der Waals surface area (Å²) in [6.45, 7) is 0.329. The summed E-state index contributed by atoms with van der Waals surface area (Å²) in [4.78, 5) is 0. The first kappa shape index (κ1) is 14.5. The van der Waals surface area contributed by atoms with Crippen LogP contribution < -0.4 is 10.5 Å². The molecule has 0 radical (unpaired) electrons. The van der Waals surface area contributed by atoms with Gasteiger partial charge in [-0.15, -0.1) is 0 Å². The van der Waals surface area contributed by atoms with E-state index >= 15 is 0 Å². The van der Waals surface area contributed by atoms with Gasteiger partial charge >= 0.3 is 0 Å². The van der Waals surface area contributed by atoms with Crippen molar-refractivity contribution >= 4 is 11.6 Å². The van der Waals surface area contributed by atoms with E-state index in [9.17, 15) is 8.78 Å². The molecule has 0 aromatic heterocycles. The summed E-state index contributed by atoms with van der Waals surface area (Å²) in [5.41, 5.74) is 6.28. The lowest BCUT2D eigenvalue weighted by Gasteiger charge is -2.40. The molecular weight excluding hydrogens is 272 g/mol. The highest BCUT2D eigenvalue weighted by atomic mass is 35.5. The molecule has 0 spiro atoms. The molecule has 0 heterocycles. The van der Waals surface area contributed by atoms with E-state index in [1.54, 1.807) is 19.2 Å². The minimum atomic E-state index is -2.57. The van der Waals surface area contributed by atoms with Crippen molar-refractivity contribution in [2.24, 2.45) is 5.73 Å². The smallest absolute Gasteiger partial charge is 0.248 e. The van der Waals surface area contributed by atoms with Crippen LogP contribution in [0.1, 0.15) is 31.2 Å². The van der Waals surface area contributed by atoms with E-state index in [1.807, 2.05) is 6.07 Å². The second-order valence-corrected chi connectivity index (χ2v) is 5.59. The highest BCUT2D eigenvalue weighted by Crippen LogP contribution is 2.47. The molecule has 2 nitrogen and oxygen atoms in total. The molecule has 0 bridgehead atoms. The maximum absolute atomic E-state index is 13.3. The Morgan fingerprint density at radius 2 is 1.89 bits per heavy atom. The first-order chi connectivity index (χ1) is 8.92. The number of rotatable bonds is 3. The summed E-state index contributed by atoms with van der Waals surface area (Å²) >= 11 is 6.26. The van der Waals surface area contributed by atoms with Gasteiger partial charge in [-0.3, -0.25) is 0 Å². The third kappa shape index (κ3) is 2.84. The normalized spacial score (nSPS) is 21.1. The summed E-state index contributed by atoms with van der Waals surface area (Å²) in [5, 5.41) is 0.537. The van der Waals surface area contributed by atoms with Crippen molar-refractivity contribution in [3.63, 3.8) is 0 Å². The number of alkyl halides is 2. The van der Waals surface area contributed by atoms with Crippen LogP contribution in [0.2, 0.25) is 5.02 Å². The van der Waals surface area contributed by atoms with Crippen molar-refractivity contribution < 1.29 is 13.5 Å². The van der Waals surface area contributed by atoms with Crippen LogP contribution >= 0.6 is 11.6 Å². The Hall–Kier alpha value is -0.870. The van der Waals surface area contributed by atoms with Gasteiger partial charge in [-0.25, -0.2) is 8.78 Å². The van der Waals surface area contributed by atoms with Crippen LogP contribution in [0.5, 0.6) is 5.75 Å². The van der Waals surface area contributed by atoms with Gasteiger partial charge in [0.15, 0.2) is 0 Å². The fourth-order valence-corrected chi connectivity index (χ4v) is 3.10. The SMILES string of the molecule is COc1ccc(C2(CN)CCC(F)(F)CC2)c(Cl)c1. The molecule has 0 amide bonds. The van der Waals surface area contributed by atoms with Crippen LogP contribution in [0.15, 0.2) is 18.2 Å². The molecule has 0 saturated heterocycles. The van der Waals surface area contributed by atoms with E-state index in [0.717, 1.165) is 5.56 Å². The van der Waals surface area contributed by atoms with Gasteiger partial charge in [0, 0.05) is 29.8 Å². The van der Waals surface area contributed by atoms with E-state index in [4.69, 9.17) is 22.1 Å². The molecule has 2 N–H and O–H groups in total. The molecule has 1 saturated carbocycles. The van der Waals surface area contributed by atoms with Crippen molar-refractivity contribution in [3.8, 4) is 5.75 Å². The predicted molar refractivity (Wildman–Crippen MR) is 72.2 cm³/mol. The van der Waals surface area contributed by atoms with E-state index < -0.39 is 11.3 Å². The molecule has 0 aliphatic heterocycles. The minimum absolute atomic E-state index is 0.132. The van der Waals surface area contributed by atoms with Crippen LogP contribution in [-0.2, 0) is 5.41 Å². The van der Waals surface area contributed by atoms with Gasteiger partial charge < -0.3 is 10.5 Å². The van der Waals surface area contributed by atoms with Crippen molar-refractivity contribution in [3.05, 3.63) is 28.8 Å². The van der Waals surface area contributed by atoms with Crippen LogP contribution in [0.3, 0.4) is 0 Å². The molecule has 1 aliphatic rings. The van der Waals surface area contributed by atoms with E-state index in [-0.39, 0.29) is 12.8 Å². The van der Waals surface area contributed by atoms with Crippen LogP contribution in [0.25, 0.3) is 0 Å². The Kier molecular flexibility index (Phi) is 4.02. The molecular formula is C14H18ClF2NO. The third-order valence-corrected chi connectivity index (χ3v) is 4.39.